The molecule has 6 rings (SSSR count). The Morgan fingerprint density at radius 3 is 1.42 bits per heavy atom. The van der Waals surface area contributed by atoms with Crippen molar-refractivity contribution in [3.05, 3.63) is 95.1 Å². The zero-order valence-corrected chi connectivity index (χ0v) is 34.4. The molecule has 3 heterocycles. The number of nitrogens with one attached hydrogen (secondary N) is 2. The van der Waals surface area contributed by atoms with Crippen LogP contribution < -0.4 is 10.6 Å². The van der Waals surface area contributed by atoms with E-state index in [1.54, 1.807) is 0 Å². The van der Waals surface area contributed by atoms with Crippen LogP contribution in [0.3, 0.4) is 0 Å². The summed E-state index contributed by atoms with van der Waals surface area (Å²) in [7, 11) is 2.17. The van der Waals surface area contributed by atoms with E-state index >= 15 is 0 Å². The SMILES string of the molecule is CN1CCN(Cc2cccc(C(=O)NCc3cccc(-c4cccc(CN5C[C@@H]6C[C@@H]5CN6)c4)c3)c2)CC1.O=C(O)C(F)(F)F.O=C(O)C(F)(F)F.O=C(O)C(F)(F)F.O=C(O)C(F)(F)F. The van der Waals surface area contributed by atoms with Gasteiger partial charge in [-0.1, -0.05) is 48.5 Å². The first kappa shape index (κ1) is 56.1. The standard InChI is InChI=1S/C32H39N5O.4C2HF3O2/c1-35-11-13-36(14-12-35)21-25-6-4-10-29(17-25)32(38)34-19-24-5-2-8-27(15-24)28-9-3-7-26(16-28)22-37-23-30-18-31(37)20-33-30;4*3-2(4,5)1(6)7/h2-10,15-17,30-31,33H,11-14,18-23H2,1H3,(H,34,38);4*(H,6,7)/t30-,31+;;;;/m0..../s1. The van der Waals surface area contributed by atoms with Gasteiger partial charge in [0.15, 0.2) is 0 Å². The molecule has 6 N–H and O–H groups in total. The van der Waals surface area contributed by atoms with E-state index in [0.717, 1.165) is 63.5 Å². The lowest BCUT2D eigenvalue weighted by Crippen LogP contribution is -2.43. The van der Waals surface area contributed by atoms with E-state index in [9.17, 15) is 57.5 Å². The average molecular weight is 966 g/mol. The molecule has 26 heteroatoms. The van der Waals surface area contributed by atoms with Crippen molar-refractivity contribution in [2.75, 3.05) is 46.3 Å². The Labute approximate surface area is 367 Å². The lowest BCUT2D eigenvalue weighted by molar-refractivity contribution is -0.193. The molecule has 0 aromatic heterocycles. The van der Waals surface area contributed by atoms with Gasteiger partial charge in [-0.25, -0.2) is 19.2 Å². The molecule has 1 amide bonds. The number of hydrogen-bond acceptors (Lipinski definition) is 9. The van der Waals surface area contributed by atoms with Gasteiger partial charge in [0.25, 0.3) is 5.91 Å². The Kier molecular flexibility index (Phi) is 20.8. The fourth-order valence-electron chi connectivity index (χ4n) is 6.14. The predicted octanol–water partition coefficient (Wildman–Crippen LogP) is 6.11. The Morgan fingerprint density at radius 2 is 1.02 bits per heavy atom. The van der Waals surface area contributed by atoms with Crippen molar-refractivity contribution >= 4 is 29.8 Å². The number of alkyl halides is 12. The van der Waals surface area contributed by atoms with Crippen molar-refractivity contribution in [3.63, 3.8) is 0 Å². The fourth-order valence-corrected chi connectivity index (χ4v) is 6.14. The number of carboxylic acids is 4. The zero-order chi connectivity index (χ0) is 50.2. The molecule has 3 aliphatic rings. The highest BCUT2D eigenvalue weighted by Crippen LogP contribution is 2.27. The number of piperazine rings is 2. The molecule has 0 radical (unpaired) electrons. The normalized spacial score (nSPS) is 17.5. The molecule has 0 unspecified atom stereocenters. The summed E-state index contributed by atoms with van der Waals surface area (Å²) >= 11 is 0. The molecule has 0 aliphatic carbocycles. The van der Waals surface area contributed by atoms with Gasteiger partial charge in [-0.3, -0.25) is 14.6 Å². The molecule has 2 bridgehead atoms. The first-order chi connectivity index (χ1) is 30.4. The smallest absolute Gasteiger partial charge is 0.475 e. The molecule has 3 fully saturated rings. The summed E-state index contributed by atoms with van der Waals surface area (Å²) in [6.07, 6.45) is -19.0. The van der Waals surface area contributed by atoms with Crippen LogP contribution >= 0.6 is 0 Å². The second kappa shape index (κ2) is 24.5. The van der Waals surface area contributed by atoms with Crippen LogP contribution in [0.5, 0.6) is 0 Å². The average Bonchev–Trinajstić information content (AvgIpc) is 3.85. The van der Waals surface area contributed by atoms with Gasteiger partial charge in [0, 0.05) is 76.5 Å². The number of aliphatic carboxylic acids is 4. The van der Waals surface area contributed by atoms with E-state index in [2.05, 4.69) is 87.0 Å². The van der Waals surface area contributed by atoms with E-state index in [1.807, 2.05) is 18.2 Å². The van der Waals surface area contributed by atoms with Gasteiger partial charge in [0.05, 0.1) is 0 Å². The molecule has 3 aliphatic heterocycles. The third-order valence-electron chi connectivity index (χ3n) is 9.36. The van der Waals surface area contributed by atoms with Crippen LogP contribution in [0.1, 0.15) is 33.5 Å². The van der Waals surface area contributed by atoms with Crippen molar-refractivity contribution in [2.24, 2.45) is 0 Å². The van der Waals surface area contributed by atoms with Gasteiger partial charge in [-0.2, -0.15) is 52.7 Å². The number of fused-ring (bicyclic) bond motifs is 2. The first-order valence-electron chi connectivity index (χ1n) is 19.0. The number of benzene rings is 3. The van der Waals surface area contributed by atoms with Gasteiger partial charge in [0.2, 0.25) is 0 Å². The predicted molar refractivity (Wildman–Crippen MR) is 208 cm³/mol. The minimum Gasteiger partial charge on any atom is -0.475 e. The number of carbonyl (C=O) groups is 5. The highest BCUT2D eigenvalue weighted by atomic mass is 19.4. The summed E-state index contributed by atoms with van der Waals surface area (Å²) in [5.41, 5.74) is 6.82. The molecular formula is C40H43F12N5O9. The lowest BCUT2D eigenvalue weighted by atomic mass is 10.0. The van der Waals surface area contributed by atoms with Crippen molar-refractivity contribution in [1.82, 2.24) is 25.3 Å². The molecular weight excluding hydrogens is 922 g/mol. The number of likely N-dealkylation sites (N-methyl/N-ethyl adjacent to an activating group) is 1. The molecule has 366 valence electrons. The van der Waals surface area contributed by atoms with Crippen LogP contribution in [0.4, 0.5) is 52.7 Å². The second-order valence-electron chi connectivity index (χ2n) is 14.5. The highest BCUT2D eigenvalue weighted by molar-refractivity contribution is 5.94. The van der Waals surface area contributed by atoms with Crippen molar-refractivity contribution in [2.45, 2.75) is 62.8 Å². The van der Waals surface area contributed by atoms with Gasteiger partial charge >= 0.3 is 48.6 Å². The fraction of sp³-hybridized carbons (Fsp3) is 0.425. The molecule has 3 aromatic carbocycles. The Morgan fingerprint density at radius 1 is 0.606 bits per heavy atom. The van der Waals surface area contributed by atoms with Crippen LogP contribution in [0.2, 0.25) is 0 Å². The summed E-state index contributed by atoms with van der Waals surface area (Å²) in [6.45, 7) is 9.04. The maximum Gasteiger partial charge on any atom is 0.490 e. The second-order valence-corrected chi connectivity index (χ2v) is 14.5. The minimum atomic E-state index is -5.08. The van der Waals surface area contributed by atoms with Crippen molar-refractivity contribution in [3.8, 4) is 11.1 Å². The monoisotopic (exact) mass is 965 g/mol. The van der Waals surface area contributed by atoms with Crippen LogP contribution in [-0.4, -0.2) is 148 Å². The van der Waals surface area contributed by atoms with E-state index in [4.69, 9.17) is 39.6 Å². The number of halogens is 12. The Bertz CT molecular complexity index is 2000. The number of nitrogens with zero attached hydrogens (tertiary/aromatic N) is 3. The first-order valence-corrected chi connectivity index (χ1v) is 19.0. The van der Waals surface area contributed by atoms with Crippen LogP contribution in [0, 0.1) is 0 Å². The number of hydrogen-bond donors (Lipinski definition) is 6. The molecule has 3 aromatic rings. The summed E-state index contributed by atoms with van der Waals surface area (Å²) in [5.74, 6) is -11.0. The topological polar surface area (TPSA) is 200 Å². The maximum absolute atomic E-state index is 13.0. The Hall–Kier alpha value is -5.99. The minimum absolute atomic E-state index is 0.0213. The number of carboxylic acid groups (broad SMARTS) is 4. The summed E-state index contributed by atoms with van der Waals surface area (Å²) in [4.78, 5) is 56.0. The van der Waals surface area contributed by atoms with Crippen LogP contribution in [0.25, 0.3) is 11.1 Å². The number of rotatable bonds is 8. The molecule has 14 nitrogen and oxygen atoms in total. The molecule has 3 saturated heterocycles. The van der Waals surface area contributed by atoms with Gasteiger partial charge in [0.1, 0.15) is 0 Å². The lowest BCUT2D eigenvalue weighted by Gasteiger charge is -2.32. The van der Waals surface area contributed by atoms with Gasteiger partial charge in [-0.05, 0) is 65.6 Å². The van der Waals surface area contributed by atoms with Crippen LogP contribution in [-0.2, 0) is 38.8 Å². The highest BCUT2D eigenvalue weighted by Gasteiger charge is 2.40. The largest absolute Gasteiger partial charge is 0.490 e. The van der Waals surface area contributed by atoms with Crippen LogP contribution in [0.15, 0.2) is 72.8 Å². The Balaban J connectivity index is 0.000000434. The number of amides is 1. The summed E-state index contributed by atoms with van der Waals surface area (Å²) in [6, 6.07) is 26.9. The van der Waals surface area contributed by atoms with E-state index < -0.39 is 48.6 Å². The summed E-state index contributed by atoms with van der Waals surface area (Å²) in [5, 5.41) is 35.2. The molecule has 0 saturated carbocycles. The van der Waals surface area contributed by atoms with E-state index in [-0.39, 0.29) is 5.91 Å². The van der Waals surface area contributed by atoms with Gasteiger partial charge in [-0.15, -0.1) is 0 Å². The third kappa shape index (κ3) is 20.5. The van der Waals surface area contributed by atoms with E-state index in [1.165, 1.54) is 28.7 Å². The van der Waals surface area contributed by atoms with Crippen molar-refractivity contribution < 1.29 is 97.1 Å². The molecule has 2 atom stereocenters. The quantitative estimate of drug-likeness (QED) is 0.142. The molecule has 0 spiro atoms. The summed E-state index contributed by atoms with van der Waals surface area (Å²) < 4.78 is 127. The zero-order valence-electron chi connectivity index (χ0n) is 34.4. The molecule has 66 heavy (non-hydrogen) atoms. The van der Waals surface area contributed by atoms with Gasteiger partial charge < -0.3 is 36.0 Å². The number of likely N-dealkylation sites (tertiary alicyclic amines) is 1. The maximum atomic E-state index is 13.0. The van der Waals surface area contributed by atoms with E-state index in [0.29, 0.717) is 18.6 Å². The van der Waals surface area contributed by atoms with Crippen molar-refractivity contribution in [1.29, 1.82) is 0 Å². The third-order valence-corrected chi connectivity index (χ3v) is 9.36. The number of carbonyl (C=O) groups excluding carboxylic acids is 1.